The van der Waals surface area contributed by atoms with Gasteiger partial charge in [-0.3, -0.25) is 0 Å². The summed E-state index contributed by atoms with van der Waals surface area (Å²) >= 11 is 1.87. The van der Waals surface area contributed by atoms with Gasteiger partial charge in [0.1, 0.15) is 0 Å². The standard InChI is InChI=1S/C14H23N3O2S2/c1-2-7-15-10-12-3-4-14(16-11-12)21(18,19)17-13-5-8-20-9-6-13/h3-4,11,13,15,17H,2,5-10H2,1H3. The normalized spacial score (nSPS) is 17.0. The van der Waals surface area contributed by atoms with Crippen LogP contribution in [0, 0.1) is 0 Å². The van der Waals surface area contributed by atoms with Crippen molar-refractivity contribution in [3.05, 3.63) is 23.9 Å². The lowest BCUT2D eigenvalue weighted by Gasteiger charge is -2.22. The highest BCUT2D eigenvalue weighted by molar-refractivity contribution is 7.99. The molecule has 2 N–H and O–H groups in total. The lowest BCUT2D eigenvalue weighted by Crippen LogP contribution is -2.37. The summed E-state index contributed by atoms with van der Waals surface area (Å²) < 4.78 is 27.3. The molecule has 0 saturated carbocycles. The van der Waals surface area contributed by atoms with Crippen LogP contribution in [-0.4, -0.2) is 37.5 Å². The second-order valence-electron chi connectivity index (χ2n) is 5.19. The predicted molar refractivity (Wildman–Crippen MR) is 86.9 cm³/mol. The van der Waals surface area contributed by atoms with Crippen molar-refractivity contribution in [2.45, 2.75) is 43.8 Å². The maximum absolute atomic E-state index is 12.3. The van der Waals surface area contributed by atoms with Crippen LogP contribution in [0.5, 0.6) is 0 Å². The van der Waals surface area contributed by atoms with Gasteiger partial charge in [-0.25, -0.2) is 18.1 Å². The maximum atomic E-state index is 12.3. The van der Waals surface area contributed by atoms with E-state index in [4.69, 9.17) is 0 Å². The summed E-state index contributed by atoms with van der Waals surface area (Å²) in [6, 6.07) is 3.45. The van der Waals surface area contributed by atoms with Crippen LogP contribution < -0.4 is 10.0 Å². The van der Waals surface area contributed by atoms with Gasteiger partial charge in [-0.15, -0.1) is 0 Å². The Balaban J connectivity index is 1.95. The van der Waals surface area contributed by atoms with Crippen molar-refractivity contribution in [1.82, 2.24) is 15.0 Å². The zero-order valence-electron chi connectivity index (χ0n) is 12.3. The summed E-state index contributed by atoms with van der Waals surface area (Å²) in [5.41, 5.74) is 0.997. The van der Waals surface area contributed by atoms with E-state index >= 15 is 0 Å². The topological polar surface area (TPSA) is 71.1 Å². The van der Waals surface area contributed by atoms with Crippen LogP contribution >= 0.6 is 11.8 Å². The number of hydrogen-bond donors (Lipinski definition) is 2. The molecular formula is C14H23N3O2S2. The van der Waals surface area contributed by atoms with Gasteiger partial charge in [0.15, 0.2) is 5.03 Å². The molecule has 1 fully saturated rings. The maximum Gasteiger partial charge on any atom is 0.258 e. The number of nitrogens with one attached hydrogen (secondary N) is 2. The van der Waals surface area contributed by atoms with Gasteiger partial charge in [0.05, 0.1) is 0 Å². The Hall–Kier alpha value is -0.630. The first kappa shape index (κ1) is 16.7. The van der Waals surface area contributed by atoms with Crippen molar-refractivity contribution >= 4 is 21.8 Å². The number of sulfonamides is 1. The summed E-state index contributed by atoms with van der Waals surface area (Å²) in [7, 11) is -3.49. The molecule has 1 aliphatic heterocycles. The Labute approximate surface area is 131 Å². The minimum atomic E-state index is -3.49. The number of hydrogen-bond acceptors (Lipinski definition) is 5. The number of thioether (sulfide) groups is 1. The molecule has 0 unspecified atom stereocenters. The van der Waals surface area contributed by atoms with E-state index in [-0.39, 0.29) is 11.1 Å². The summed E-state index contributed by atoms with van der Waals surface area (Å²) in [6.07, 6.45) is 4.49. The summed E-state index contributed by atoms with van der Waals surface area (Å²) in [5, 5.41) is 3.38. The molecule has 1 aliphatic rings. The zero-order valence-corrected chi connectivity index (χ0v) is 14.0. The first-order valence-electron chi connectivity index (χ1n) is 7.37. The van der Waals surface area contributed by atoms with Gasteiger partial charge in [0.2, 0.25) is 0 Å². The molecule has 0 amide bonds. The SMILES string of the molecule is CCCNCc1ccc(S(=O)(=O)NC2CCSCC2)nc1. The van der Waals surface area contributed by atoms with Crippen LogP contribution in [0.4, 0.5) is 0 Å². The van der Waals surface area contributed by atoms with E-state index in [0.29, 0.717) is 6.54 Å². The number of nitrogens with zero attached hydrogens (tertiary/aromatic N) is 1. The molecule has 2 rings (SSSR count). The lowest BCUT2D eigenvalue weighted by molar-refractivity contribution is 0.526. The largest absolute Gasteiger partial charge is 0.313 e. The Kier molecular flexibility index (Phi) is 6.47. The van der Waals surface area contributed by atoms with Gasteiger partial charge >= 0.3 is 0 Å². The first-order valence-corrected chi connectivity index (χ1v) is 10.0. The van der Waals surface area contributed by atoms with E-state index in [1.165, 1.54) is 0 Å². The van der Waals surface area contributed by atoms with Crippen molar-refractivity contribution in [3.63, 3.8) is 0 Å². The molecule has 5 nitrogen and oxygen atoms in total. The van der Waals surface area contributed by atoms with Gasteiger partial charge in [-0.2, -0.15) is 11.8 Å². The van der Waals surface area contributed by atoms with Crippen LogP contribution in [0.2, 0.25) is 0 Å². The number of aromatic nitrogens is 1. The Morgan fingerprint density at radius 3 is 2.71 bits per heavy atom. The molecule has 2 heterocycles. The highest BCUT2D eigenvalue weighted by atomic mass is 32.2. The number of rotatable bonds is 7. The average molecular weight is 329 g/mol. The van der Waals surface area contributed by atoms with Crippen molar-refractivity contribution < 1.29 is 8.42 Å². The van der Waals surface area contributed by atoms with Crippen LogP contribution in [-0.2, 0) is 16.6 Å². The predicted octanol–water partition coefficient (Wildman–Crippen LogP) is 1.76. The molecule has 1 aromatic rings. The van der Waals surface area contributed by atoms with E-state index in [2.05, 4.69) is 21.9 Å². The molecule has 7 heteroatoms. The van der Waals surface area contributed by atoms with Crippen LogP contribution in [0.3, 0.4) is 0 Å². The fraction of sp³-hybridized carbons (Fsp3) is 0.643. The molecule has 21 heavy (non-hydrogen) atoms. The minimum absolute atomic E-state index is 0.0453. The van der Waals surface area contributed by atoms with E-state index < -0.39 is 10.0 Å². The van der Waals surface area contributed by atoms with Crippen molar-refractivity contribution in [2.24, 2.45) is 0 Å². The molecule has 0 aliphatic carbocycles. The van der Waals surface area contributed by atoms with Crippen molar-refractivity contribution in [2.75, 3.05) is 18.1 Å². The minimum Gasteiger partial charge on any atom is -0.313 e. The average Bonchev–Trinajstić information content (AvgIpc) is 2.49. The van der Waals surface area contributed by atoms with Gasteiger partial charge in [0, 0.05) is 18.8 Å². The highest BCUT2D eigenvalue weighted by Crippen LogP contribution is 2.18. The molecule has 0 atom stereocenters. The quantitative estimate of drug-likeness (QED) is 0.746. The van der Waals surface area contributed by atoms with Crippen molar-refractivity contribution in [1.29, 1.82) is 0 Å². The summed E-state index contributed by atoms with van der Waals surface area (Å²) in [6.45, 7) is 3.77. The Morgan fingerprint density at radius 1 is 1.33 bits per heavy atom. The third-order valence-electron chi connectivity index (χ3n) is 3.37. The van der Waals surface area contributed by atoms with E-state index in [0.717, 1.165) is 42.9 Å². The molecule has 1 saturated heterocycles. The van der Waals surface area contributed by atoms with Gasteiger partial charge < -0.3 is 5.32 Å². The van der Waals surface area contributed by atoms with Crippen molar-refractivity contribution in [3.8, 4) is 0 Å². The van der Waals surface area contributed by atoms with E-state index in [1.54, 1.807) is 12.3 Å². The zero-order chi connectivity index (χ0) is 15.1. The molecule has 1 aromatic heterocycles. The smallest absolute Gasteiger partial charge is 0.258 e. The number of pyridine rings is 1. The lowest BCUT2D eigenvalue weighted by atomic mass is 10.2. The van der Waals surface area contributed by atoms with Gasteiger partial charge in [-0.1, -0.05) is 13.0 Å². The molecular weight excluding hydrogens is 306 g/mol. The molecule has 0 spiro atoms. The summed E-state index contributed by atoms with van der Waals surface area (Å²) in [4.78, 5) is 4.10. The Bertz CT molecular complexity index is 526. The van der Waals surface area contributed by atoms with Gasteiger partial charge in [0.25, 0.3) is 10.0 Å². The molecule has 0 aromatic carbocycles. The highest BCUT2D eigenvalue weighted by Gasteiger charge is 2.22. The van der Waals surface area contributed by atoms with Crippen LogP contribution in [0.1, 0.15) is 31.7 Å². The first-order chi connectivity index (χ1) is 10.1. The second-order valence-corrected chi connectivity index (χ2v) is 8.07. The third kappa shape index (κ3) is 5.25. The molecule has 0 radical (unpaired) electrons. The van der Waals surface area contributed by atoms with Crippen LogP contribution in [0.25, 0.3) is 0 Å². The van der Waals surface area contributed by atoms with Gasteiger partial charge in [-0.05, 0) is 48.9 Å². The molecule has 118 valence electrons. The van der Waals surface area contributed by atoms with E-state index in [9.17, 15) is 8.42 Å². The fourth-order valence-corrected chi connectivity index (χ4v) is 4.52. The monoisotopic (exact) mass is 329 g/mol. The fourth-order valence-electron chi connectivity index (χ4n) is 2.18. The molecule has 0 bridgehead atoms. The van der Waals surface area contributed by atoms with Crippen LogP contribution in [0.15, 0.2) is 23.4 Å². The van der Waals surface area contributed by atoms with E-state index in [1.807, 2.05) is 17.8 Å². The second kappa shape index (κ2) is 8.12. The third-order valence-corrected chi connectivity index (χ3v) is 5.86. The Morgan fingerprint density at radius 2 is 2.10 bits per heavy atom. The summed E-state index contributed by atoms with van der Waals surface area (Å²) in [5.74, 6) is 2.03.